The number of hydrogen-bond acceptors (Lipinski definition) is 4. The lowest BCUT2D eigenvalue weighted by atomic mass is 10.0. The molecule has 6 heteroatoms. The van der Waals surface area contributed by atoms with E-state index in [1.54, 1.807) is 0 Å². The minimum absolute atomic E-state index is 0.131. The monoisotopic (exact) mass is 308 g/mol. The van der Waals surface area contributed by atoms with Gasteiger partial charge < -0.3 is 5.11 Å². The van der Waals surface area contributed by atoms with Gasteiger partial charge in [-0.15, -0.1) is 0 Å². The van der Waals surface area contributed by atoms with Crippen molar-refractivity contribution in [3.63, 3.8) is 0 Å². The minimum atomic E-state index is -4.40. The maximum Gasteiger partial charge on any atom is 0.397 e. The molecule has 0 spiro atoms. The molecule has 0 bridgehead atoms. The van der Waals surface area contributed by atoms with E-state index in [0.29, 0.717) is 19.3 Å². The zero-order valence-corrected chi connectivity index (χ0v) is 13.1. The van der Waals surface area contributed by atoms with Crippen LogP contribution >= 0.6 is 0 Å². The largest absolute Gasteiger partial charge is 0.397 e. The molecular weight excluding hydrogens is 280 g/mol. The molecule has 0 aliphatic heterocycles. The van der Waals surface area contributed by atoms with Gasteiger partial charge in [0.2, 0.25) is 0 Å². The van der Waals surface area contributed by atoms with Crippen LogP contribution in [0.1, 0.15) is 71.1 Å². The Morgan fingerprint density at radius 3 is 2.20 bits per heavy atom. The van der Waals surface area contributed by atoms with E-state index in [2.05, 4.69) is 6.92 Å². The van der Waals surface area contributed by atoms with Gasteiger partial charge in [0.15, 0.2) is 0 Å². The van der Waals surface area contributed by atoms with E-state index < -0.39 is 16.5 Å². The second kappa shape index (κ2) is 8.97. The molecule has 1 aliphatic rings. The molecular formula is C14H28O5S. The first-order valence-corrected chi connectivity index (χ1v) is 9.12. The predicted octanol–water partition coefficient (Wildman–Crippen LogP) is 3.09. The molecule has 0 aromatic carbocycles. The third kappa shape index (κ3) is 8.89. The summed E-state index contributed by atoms with van der Waals surface area (Å²) in [4.78, 5) is 0. The van der Waals surface area contributed by atoms with Gasteiger partial charge in [0.1, 0.15) is 0 Å². The highest BCUT2D eigenvalue weighted by Gasteiger charge is 2.37. The van der Waals surface area contributed by atoms with Gasteiger partial charge in [-0.3, -0.25) is 4.55 Å². The molecule has 1 aliphatic carbocycles. The lowest BCUT2D eigenvalue weighted by Gasteiger charge is -2.15. The molecule has 1 saturated carbocycles. The van der Waals surface area contributed by atoms with Crippen LogP contribution in [0.5, 0.6) is 0 Å². The fourth-order valence-corrected chi connectivity index (χ4v) is 3.05. The maximum absolute atomic E-state index is 10.8. The van der Waals surface area contributed by atoms with Crippen LogP contribution in [0.3, 0.4) is 0 Å². The molecule has 0 saturated heterocycles. The molecule has 0 radical (unpaired) electrons. The van der Waals surface area contributed by atoms with Gasteiger partial charge in [-0.2, -0.15) is 8.42 Å². The van der Waals surface area contributed by atoms with Gasteiger partial charge in [-0.1, -0.05) is 51.9 Å². The summed E-state index contributed by atoms with van der Waals surface area (Å²) in [6.07, 6.45) is 9.12. The summed E-state index contributed by atoms with van der Waals surface area (Å²) in [5.41, 5.74) is 0. The van der Waals surface area contributed by atoms with Crippen LogP contribution in [0, 0.1) is 5.92 Å². The lowest BCUT2D eigenvalue weighted by molar-refractivity contribution is 0.145. The Bertz CT molecular complexity index is 355. The number of unbranched alkanes of at least 4 members (excludes halogenated alkanes) is 6. The average molecular weight is 308 g/mol. The molecule has 20 heavy (non-hydrogen) atoms. The fourth-order valence-electron chi connectivity index (χ4n) is 2.53. The van der Waals surface area contributed by atoms with Crippen LogP contribution in [-0.4, -0.2) is 30.3 Å². The zero-order chi connectivity index (χ0) is 15.0. The number of aliphatic hydroxyl groups excluding tert-OH is 1. The van der Waals surface area contributed by atoms with Crippen molar-refractivity contribution in [1.82, 2.24) is 0 Å². The van der Waals surface area contributed by atoms with E-state index in [-0.39, 0.29) is 12.0 Å². The van der Waals surface area contributed by atoms with Crippen molar-refractivity contribution in [3.05, 3.63) is 0 Å². The zero-order valence-electron chi connectivity index (χ0n) is 12.3. The first-order chi connectivity index (χ1) is 9.42. The quantitative estimate of drug-likeness (QED) is 0.427. The van der Waals surface area contributed by atoms with E-state index in [4.69, 9.17) is 8.74 Å². The van der Waals surface area contributed by atoms with E-state index in [1.165, 1.54) is 25.7 Å². The molecule has 0 aromatic rings. The molecule has 3 atom stereocenters. The average Bonchev–Trinajstić information content (AvgIpc) is 3.01. The van der Waals surface area contributed by atoms with Crippen LogP contribution in [0.2, 0.25) is 0 Å². The van der Waals surface area contributed by atoms with E-state index >= 15 is 0 Å². The molecule has 1 rings (SSSR count). The SMILES string of the molecule is CCCCCCCCCC(CC1CC1O)OS(=O)(=O)O. The van der Waals surface area contributed by atoms with Gasteiger partial charge in [-0.25, -0.2) is 4.18 Å². The lowest BCUT2D eigenvalue weighted by Crippen LogP contribution is -2.19. The second-order valence-electron chi connectivity index (χ2n) is 5.85. The van der Waals surface area contributed by atoms with Gasteiger partial charge >= 0.3 is 10.4 Å². The molecule has 3 unspecified atom stereocenters. The van der Waals surface area contributed by atoms with Gasteiger partial charge in [0, 0.05) is 0 Å². The Balaban J connectivity index is 2.16. The van der Waals surface area contributed by atoms with Crippen molar-refractivity contribution >= 4 is 10.4 Å². The highest BCUT2D eigenvalue weighted by Crippen LogP contribution is 2.36. The van der Waals surface area contributed by atoms with E-state index in [1.807, 2.05) is 0 Å². The summed E-state index contributed by atoms with van der Waals surface area (Å²) in [7, 11) is -4.40. The van der Waals surface area contributed by atoms with Crippen LogP contribution in [0.4, 0.5) is 0 Å². The van der Waals surface area contributed by atoms with E-state index in [0.717, 1.165) is 19.3 Å². The van der Waals surface area contributed by atoms with Crippen LogP contribution in [-0.2, 0) is 14.6 Å². The molecule has 1 fully saturated rings. The Morgan fingerprint density at radius 1 is 1.15 bits per heavy atom. The third-order valence-corrected chi connectivity index (χ3v) is 4.35. The molecule has 0 aromatic heterocycles. The molecule has 0 heterocycles. The summed E-state index contributed by atoms with van der Waals surface area (Å²) < 4.78 is 35.1. The third-order valence-electron chi connectivity index (χ3n) is 3.84. The summed E-state index contributed by atoms with van der Waals surface area (Å²) in [5.74, 6) is 0.131. The van der Waals surface area contributed by atoms with Crippen molar-refractivity contribution < 1.29 is 22.3 Å². The standard InChI is InChI=1S/C14H28O5S/c1-2-3-4-5-6-7-8-9-13(19-20(16,17)18)10-12-11-14(12)15/h12-15H,2-11H2,1H3,(H,16,17,18). The predicted molar refractivity (Wildman–Crippen MR) is 77.8 cm³/mol. The summed E-state index contributed by atoms with van der Waals surface area (Å²) in [6, 6.07) is 0. The normalized spacial score (nSPS) is 23.8. The summed E-state index contributed by atoms with van der Waals surface area (Å²) in [6.45, 7) is 2.18. The first-order valence-electron chi connectivity index (χ1n) is 7.76. The number of aliphatic hydroxyl groups is 1. The van der Waals surface area contributed by atoms with Crippen molar-refractivity contribution in [2.24, 2.45) is 5.92 Å². The highest BCUT2D eigenvalue weighted by molar-refractivity contribution is 7.80. The van der Waals surface area contributed by atoms with Crippen LogP contribution in [0.25, 0.3) is 0 Å². The first kappa shape index (κ1) is 17.9. The Hall–Kier alpha value is -0.170. The summed E-state index contributed by atoms with van der Waals surface area (Å²) in [5, 5.41) is 9.30. The fraction of sp³-hybridized carbons (Fsp3) is 1.00. The van der Waals surface area contributed by atoms with Crippen LogP contribution in [0.15, 0.2) is 0 Å². The van der Waals surface area contributed by atoms with Crippen LogP contribution < -0.4 is 0 Å². The number of hydrogen-bond donors (Lipinski definition) is 2. The Morgan fingerprint density at radius 2 is 1.70 bits per heavy atom. The van der Waals surface area contributed by atoms with Gasteiger partial charge in [0.25, 0.3) is 0 Å². The Kier molecular flexibility index (Phi) is 8.02. The second-order valence-corrected chi connectivity index (χ2v) is 6.90. The van der Waals surface area contributed by atoms with Gasteiger partial charge in [-0.05, 0) is 25.2 Å². The molecule has 2 N–H and O–H groups in total. The van der Waals surface area contributed by atoms with Crippen molar-refractivity contribution in [3.8, 4) is 0 Å². The summed E-state index contributed by atoms with van der Waals surface area (Å²) >= 11 is 0. The molecule has 120 valence electrons. The van der Waals surface area contributed by atoms with Crippen molar-refractivity contribution in [2.75, 3.05) is 0 Å². The maximum atomic E-state index is 10.8. The van der Waals surface area contributed by atoms with Crippen molar-refractivity contribution in [1.29, 1.82) is 0 Å². The molecule has 5 nitrogen and oxygen atoms in total. The Labute approximate surface area is 122 Å². The highest BCUT2D eigenvalue weighted by atomic mass is 32.3. The van der Waals surface area contributed by atoms with Gasteiger partial charge in [0.05, 0.1) is 12.2 Å². The smallest absolute Gasteiger partial charge is 0.393 e. The van der Waals surface area contributed by atoms with Crippen molar-refractivity contribution in [2.45, 2.75) is 83.3 Å². The number of rotatable bonds is 12. The topological polar surface area (TPSA) is 83.8 Å². The van der Waals surface area contributed by atoms with E-state index in [9.17, 15) is 13.5 Å². The minimum Gasteiger partial charge on any atom is -0.393 e. The molecule has 0 amide bonds.